The van der Waals surface area contributed by atoms with Gasteiger partial charge in [0.2, 0.25) is 0 Å². The van der Waals surface area contributed by atoms with E-state index >= 15 is 0 Å². The molecule has 1 aliphatic rings. The van der Waals surface area contributed by atoms with Crippen molar-refractivity contribution in [3.05, 3.63) is 0 Å². The zero-order chi connectivity index (χ0) is 12.6. The summed E-state index contributed by atoms with van der Waals surface area (Å²) in [5.41, 5.74) is -0.729. The Bertz CT molecular complexity index is 370. The molecule has 0 aromatic carbocycles. The Balaban J connectivity index is 2.81. The Morgan fingerprint density at radius 2 is 2.00 bits per heavy atom. The lowest BCUT2D eigenvalue weighted by Gasteiger charge is -2.31. The molecule has 0 spiro atoms. The Hall–Kier alpha value is -0.820. The maximum atomic E-state index is 11.6. The highest BCUT2D eigenvalue weighted by molar-refractivity contribution is 7.84. The highest BCUT2D eigenvalue weighted by Gasteiger charge is 2.37. The van der Waals surface area contributed by atoms with Crippen LogP contribution in [0.25, 0.3) is 0 Å². The zero-order valence-electron chi connectivity index (χ0n) is 9.89. The number of nitrogens with zero attached hydrogens (tertiary/aromatic N) is 1. The van der Waals surface area contributed by atoms with E-state index in [4.69, 9.17) is 4.74 Å². The van der Waals surface area contributed by atoms with Gasteiger partial charge in [0.15, 0.2) is 0 Å². The molecule has 1 heterocycles. The molecule has 1 fully saturated rings. The van der Waals surface area contributed by atoms with E-state index in [1.165, 1.54) is 0 Å². The van der Waals surface area contributed by atoms with Gasteiger partial charge in [-0.3, -0.25) is 4.18 Å². The molecule has 0 radical (unpaired) electrons. The minimum atomic E-state index is -3.97. The predicted molar refractivity (Wildman–Crippen MR) is 57.0 cm³/mol. The van der Waals surface area contributed by atoms with Crippen LogP contribution >= 0.6 is 0 Å². The number of hydrogen-bond acceptors (Lipinski definition) is 5. The Labute approximate surface area is 95.8 Å². The van der Waals surface area contributed by atoms with Gasteiger partial charge in [0.25, 0.3) is 0 Å². The molecular weight excluding hydrogens is 234 g/mol. The molecule has 94 valence electrons. The molecule has 0 bridgehead atoms. The first kappa shape index (κ1) is 13.2. The second kappa shape index (κ2) is 4.21. The van der Waals surface area contributed by atoms with Crippen LogP contribution in [0.3, 0.4) is 0 Å². The van der Waals surface area contributed by atoms with Gasteiger partial charge in [0.1, 0.15) is 5.60 Å². The van der Waals surface area contributed by atoms with Crippen LogP contribution in [0.2, 0.25) is 0 Å². The van der Waals surface area contributed by atoms with Crippen molar-refractivity contribution >= 4 is 16.4 Å². The molecule has 16 heavy (non-hydrogen) atoms. The average Bonchev–Trinajstić information content (AvgIpc) is 2.06. The van der Waals surface area contributed by atoms with Crippen molar-refractivity contribution in [3.8, 4) is 0 Å². The third kappa shape index (κ3) is 3.34. The number of hydrogen-bond donors (Lipinski definition) is 0. The van der Waals surface area contributed by atoms with Gasteiger partial charge in [-0.05, 0) is 26.7 Å². The third-order valence-electron chi connectivity index (χ3n) is 1.85. The first-order valence-electron chi connectivity index (χ1n) is 5.02. The molecule has 1 unspecified atom stereocenters. The van der Waals surface area contributed by atoms with Gasteiger partial charge in [-0.25, -0.2) is 4.79 Å². The lowest BCUT2D eigenvalue weighted by atomic mass is 10.2. The van der Waals surface area contributed by atoms with Crippen molar-refractivity contribution in [2.75, 3.05) is 13.2 Å². The summed E-state index contributed by atoms with van der Waals surface area (Å²) >= 11 is 0. The quantitative estimate of drug-likeness (QED) is 0.645. The lowest BCUT2D eigenvalue weighted by molar-refractivity contribution is 0.0300. The van der Waals surface area contributed by atoms with E-state index in [9.17, 15) is 13.2 Å². The molecule has 7 heteroatoms. The molecule has 0 aliphatic carbocycles. The van der Waals surface area contributed by atoms with Gasteiger partial charge in [0, 0.05) is 6.54 Å². The van der Waals surface area contributed by atoms with Crippen LogP contribution in [-0.4, -0.2) is 37.6 Å². The number of carbonyl (C=O) groups is 1. The molecule has 1 aliphatic heterocycles. The molecule has 1 rings (SSSR count). The molecule has 1 amide bonds. The fourth-order valence-corrected chi connectivity index (χ4v) is 2.36. The summed E-state index contributed by atoms with van der Waals surface area (Å²) in [6, 6.07) is 0. The molecule has 0 aromatic rings. The molecule has 6 nitrogen and oxygen atoms in total. The normalized spacial score (nSPS) is 25.2. The number of ether oxygens (including phenoxy) is 1. The van der Waals surface area contributed by atoms with Gasteiger partial charge in [0.05, 0.1) is 6.61 Å². The lowest BCUT2D eigenvalue weighted by Crippen LogP contribution is -2.47. The Morgan fingerprint density at radius 1 is 1.44 bits per heavy atom. The fourth-order valence-electron chi connectivity index (χ4n) is 1.17. The van der Waals surface area contributed by atoms with E-state index in [0.29, 0.717) is 4.31 Å². The van der Waals surface area contributed by atoms with Crippen LogP contribution in [-0.2, 0) is 19.2 Å². The predicted octanol–water partition coefficient (Wildman–Crippen LogP) is 1.13. The van der Waals surface area contributed by atoms with Gasteiger partial charge < -0.3 is 4.74 Å². The van der Waals surface area contributed by atoms with E-state index in [0.717, 1.165) is 0 Å². The van der Waals surface area contributed by atoms with Crippen LogP contribution in [0.5, 0.6) is 0 Å². The first-order chi connectivity index (χ1) is 7.12. The van der Waals surface area contributed by atoms with Gasteiger partial charge in [-0.15, -0.1) is 0 Å². The molecule has 0 N–H and O–H groups in total. The summed E-state index contributed by atoms with van der Waals surface area (Å²) in [4.78, 5) is 11.6. The van der Waals surface area contributed by atoms with Gasteiger partial charge in [-0.2, -0.15) is 12.7 Å². The minimum Gasteiger partial charge on any atom is -0.443 e. The SMILES string of the molecule is CC1COS(=O)(=O)N(C(=O)OC(C)(C)C)C1. The van der Waals surface area contributed by atoms with Crippen LogP contribution in [0.15, 0.2) is 0 Å². The maximum Gasteiger partial charge on any atom is 0.425 e. The Morgan fingerprint density at radius 3 is 2.50 bits per heavy atom. The minimum absolute atomic E-state index is 0.0314. The zero-order valence-corrected chi connectivity index (χ0v) is 10.7. The van der Waals surface area contributed by atoms with Gasteiger partial charge >= 0.3 is 16.4 Å². The van der Waals surface area contributed by atoms with Crippen molar-refractivity contribution < 1.29 is 22.1 Å². The van der Waals surface area contributed by atoms with Crippen molar-refractivity contribution in [3.63, 3.8) is 0 Å². The Kier molecular flexibility index (Phi) is 3.49. The molecule has 0 aromatic heterocycles. The fraction of sp³-hybridized carbons (Fsp3) is 0.889. The standard InChI is InChI=1S/C9H17NO5S/c1-7-5-10(16(12,13)14-6-7)8(11)15-9(2,3)4/h7H,5-6H2,1-4H3. The molecule has 1 atom stereocenters. The van der Waals surface area contributed by atoms with E-state index in [1.807, 2.05) is 0 Å². The van der Waals surface area contributed by atoms with E-state index in [2.05, 4.69) is 4.18 Å². The molecule has 1 saturated heterocycles. The number of rotatable bonds is 0. The molecule has 0 saturated carbocycles. The van der Waals surface area contributed by atoms with Crippen molar-refractivity contribution in [2.24, 2.45) is 5.92 Å². The maximum absolute atomic E-state index is 11.6. The second-order valence-electron chi connectivity index (χ2n) is 4.86. The number of amides is 1. The van der Waals surface area contributed by atoms with E-state index in [-0.39, 0.29) is 19.1 Å². The van der Waals surface area contributed by atoms with Crippen molar-refractivity contribution in [1.29, 1.82) is 0 Å². The van der Waals surface area contributed by atoms with Crippen molar-refractivity contribution in [2.45, 2.75) is 33.3 Å². The highest BCUT2D eigenvalue weighted by Crippen LogP contribution is 2.19. The smallest absolute Gasteiger partial charge is 0.425 e. The first-order valence-corrected chi connectivity index (χ1v) is 6.38. The average molecular weight is 251 g/mol. The van der Waals surface area contributed by atoms with Crippen molar-refractivity contribution in [1.82, 2.24) is 4.31 Å². The third-order valence-corrected chi connectivity index (χ3v) is 3.12. The summed E-state index contributed by atoms with van der Waals surface area (Å²) in [6.45, 7) is 7.01. The summed E-state index contributed by atoms with van der Waals surface area (Å²) in [5.74, 6) is -0.0314. The van der Waals surface area contributed by atoms with Crippen LogP contribution in [0.4, 0.5) is 4.79 Å². The molecular formula is C9H17NO5S. The summed E-state index contributed by atoms with van der Waals surface area (Å²) in [7, 11) is -3.97. The largest absolute Gasteiger partial charge is 0.443 e. The summed E-state index contributed by atoms with van der Waals surface area (Å²) < 4.78 is 33.2. The second-order valence-corrected chi connectivity index (χ2v) is 6.39. The highest BCUT2D eigenvalue weighted by atomic mass is 32.2. The topological polar surface area (TPSA) is 72.9 Å². The number of carbonyl (C=O) groups excluding carboxylic acids is 1. The van der Waals surface area contributed by atoms with Gasteiger partial charge in [-0.1, -0.05) is 6.92 Å². The van der Waals surface area contributed by atoms with Crippen LogP contribution in [0, 0.1) is 5.92 Å². The summed E-state index contributed by atoms with van der Waals surface area (Å²) in [5, 5.41) is 0. The van der Waals surface area contributed by atoms with Crippen LogP contribution < -0.4 is 0 Å². The summed E-state index contributed by atoms with van der Waals surface area (Å²) in [6.07, 6.45) is -0.890. The monoisotopic (exact) mass is 251 g/mol. The van der Waals surface area contributed by atoms with E-state index < -0.39 is 22.0 Å². The van der Waals surface area contributed by atoms with E-state index in [1.54, 1.807) is 27.7 Å². The van der Waals surface area contributed by atoms with Crippen LogP contribution in [0.1, 0.15) is 27.7 Å².